The summed E-state index contributed by atoms with van der Waals surface area (Å²) in [5, 5.41) is 0.547. The number of hydrogen-bond acceptors (Lipinski definition) is 2. The first-order valence-corrected chi connectivity index (χ1v) is 6.42. The van der Waals surface area contributed by atoms with Crippen LogP contribution in [0.15, 0.2) is 46.9 Å². The molecule has 2 nitrogen and oxygen atoms in total. The molecule has 0 heterocycles. The van der Waals surface area contributed by atoms with Gasteiger partial charge in [0.05, 0.1) is 7.11 Å². The number of ether oxygens (including phenoxy) is 1. The van der Waals surface area contributed by atoms with Gasteiger partial charge in [-0.25, -0.2) is 0 Å². The molecule has 0 aliphatic carbocycles. The molecule has 18 heavy (non-hydrogen) atoms. The maximum atomic E-state index is 12.3. The van der Waals surface area contributed by atoms with E-state index < -0.39 is 0 Å². The van der Waals surface area contributed by atoms with E-state index in [4.69, 9.17) is 16.3 Å². The lowest BCUT2D eigenvalue weighted by molar-refractivity contribution is 0.103. The summed E-state index contributed by atoms with van der Waals surface area (Å²) < 4.78 is 5.79. The van der Waals surface area contributed by atoms with E-state index in [0.29, 0.717) is 26.4 Å². The molecule has 0 aliphatic rings. The van der Waals surface area contributed by atoms with Crippen LogP contribution in [0.5, 0.6) is 5.75 Å². The average Bonchev–Trinajstić information content (AvgIpc) is 2.37. The van der Waals surface area contributed by atoms with Crippen molar-refractivity contribution in [2.24, 2.45) is 0 Å². The van der Waals surface area contributed by atoms with Crippen LogP contribution in [0.25, 0.3) is 0 Å². The summed E-state index contributed by atoms with van der Waals surface area (Å²) in [6, 6.07) is 12.1. The fourth-order valence-electron chi connectivity index (χ4n) is 1.59. The van der Waals surface area contributed by atoms with Crippen molar-refractivity contribution >= 4 is 33.3 Å². The highest BCUT2D eigenvalue weighted by Gasteiger charge is 2.13. The molecule has 92 valence electrons. The zero-order chi connectivity index (χ0) is 13.1. The van der Waals surface area contributed by atoms with Gasteiger partial charge in [0.25, 0.3) is 0 Å². The molecule has 2 aromatic carbocycles. The molecule has 2 aromatic rings. The summed E-state index contributed by atoms with van der Waals surface area (Å²) >= 11 is 9.25. The van der Waals surface area contributed by atoms with Gasteiger partial charge < -0.3 is 4.74 Å². The molecular weight excluding hydrogens is 316 g/mol. The molecular formula is C14H10BrClO2. The normalized spacial score (nSPS) is 10.2. The van der Waals surface area contributed by atoms with Gasteiger partial charge in [-0.2, -0.15) is 0 Å². The van der Waals surface area contributed by atoms with E-state index in [1.54, 1.807) is 49.6 Å². The summed E-state index contributed by atoms with van der Waals surface area (Å²) in [7, 11) is 1.58. The van der Waals surface area contributed by atoms with Crippen LogP contribution in [0.1, 0.15) is 15.9 Å². The van der Waals surface area contributed by atoms with Crippen molar-refractivity contribution in [2.45, 2.75) is 0 Å². The quantitative estimate of drug-likeness (QED) is 0.785. The van der Waals surface area contributed by atoms with E-state index in [9.17, 15) is 4.79 Å². The first-order chi connectivity index (χ1) is 8.61. The maximum absolute atomic E-state index is 12.3. The second-order valence-corrected chi connectivity index (χ2v) is 4.98. The lowest BCUT2D eigenvalue weighted by Crippen LogP contribution is -2.02. The van der Waals surface area contributed by atoms with Gasteiger partial charge in [0.1, 0.15) is 5.75 Å². The van der Waals surface area contributed by atoms with E-state index in [2.05, 4.69) is 15.9 Å². The van der Waals surface area contributed by atoms with Gasteiger partial charge in [-0.1, -0.05) is 23.7 Å². The Kier molecular flexibility index (Phi) is 4.04. The Morgan fingerprint density at radius 2 is 2.00 bits per heavy atom. The molecule has 0 N–H and O–H groups in total. The number of benzene rings is 2. The van der Waals surface area contributed by atoms with Crippen molar-refractivity contribution in [3.05, 3.63) is 63.1 Å². The first-order valence-electron chi connectivity index (χ1n) is 5.25. The predicted molar refractivity (Wildman–Crippen MR) is 75.6 cm³/mol. The van der Waals surface area contributed by atoms with E-state index in [-0.39, 0.29) is 5.78 Å². The minimum absolute atomic E-state index is 0.0768. The number of ketones is 1. The number of halogens is 2. The van der Waals surface area contributed by atoms with Gasteiger partial charge in [0.15, 0.2) is 5.78 Å². The molecule has 0 saturated carbocycles. The number of hydrogen-bond donors (Lipinski definition) is 0. The largest absolute Gasteiger partial charge is 0.497 e. The lowest BCUT2D eigenvalue weighted by atomic mass is 10.0. The van der Waals surface area contributed by atoms with E-state index in [1.165, 1.54) is 0 Å². The van der Waals surface area contributed by atoms with E-state index in [1.807, 2.05) is 0 Å². The fourth-order valence-corrected chi connectivity index (χ4v) is 2.32. The Hall–Kier alpha value is -1.32. The third-order valence-electron chi connectivity index (χ3n) is 2.51. The Bertz CT molecular complexity index is 596. The molecule has 4 heteroatoms. The molecule has 0 fully saturated rings. The van der Waals surface area contributed by atoms with Crippen molar-refractivity contribution in [2.75, 3.05) is 7.11 Å². The molecule has 0 spiro atoms. The zero-order valence-electron chi connectivity index (χ0n) is 9.61. The van der Waals surface area contributed by atoms with Crippen molar-refractivity contribution in [1.82, 2.24) is 0 Å². The molecule has 0 atom stereocenters. The van der Waals surface area contributed by atoms with E-state index >= 15 is 0 Å². The SMILES string of the molecule is COc1ccc(C(=O)c2cccc(Cl)c2)c(Br)c1. The third-order valence-corrected chi connectivity index (χ3v) is 3.40. The van der Waals surface area contributed by atoms with Crippen molar-refractivity contribution in [3.8, 4) is 5.75 Å². The van der Waals surface area contributed by atoms with Gasteiger partial charge in [-0.05, 0) is 46.3 Å². The Balaban J connectivity index is 2.40. The van der Waals surface area contributed by atoms with Crippen LogP contribution in [0.2, 0.25) is 5.02 Å². The van der Waals surface area contributed by atoms with Gasteiger partial charge in [0, 0.05) is 20.6 Å². The zero-order valence-corrected chi connectivity index (χ0v) is 12.0. The number of methoxy groups -OCH3 is 1. The average molecular weight is 326 g/mol. The fraction of sp³-hybridized carbons (Fsp3) is 0.0714. The van der Waals surface area contributed by atoms with Gasteiger partial charge in [0.2, 0.25) is 0 Å². The standard InChI is InChI=1S/C14H10BrClO2/c1-18-11-5-6-12(13(15)8-11)14(17)9-3-2-4-10(16)7-9/h2-8H,1H3. The highest BCUT2D eigenvalue weighted by atomic mass is 79.9. The molecule has 0 radical (unpaired) electrons. The third kappa shape index (κ3) is 2.74. The summed E-state index contributed by atoms with van der Waals surface area (Å²) in [5.41, 5.74) is 1.14. The Morgan fingerprint density at radius 1 is 1.22 bits per heavy atom. The monoisotopic (exact) mass is 324 g/mol. The van der Waals surface area contributed by atoms with Crippen LogP contribution in [-0.2, 0) is 0 Å². The van der Waals surface area contributed by atoms with Crippen LogP contribution >= 0.6 is 27.5 Å². The molecule has 0 bridgehead atoms. The number of carbonyl (C=O) groups is 1. The van der Waals surface area contributed by atoms with Crippen molar-refractivity contribution in [3.63, 3.8) is 0 Å². The van der Waals surface area contributed by atoms with E-state index in [0.717, 1.165) is 0 Å². The van der Waals surface area contributed by atoms with Crippen LogP contribution in [-0.4, -0.2) is 12.9 Å². The van der Waals surface area contributed by atoms with Gasteiger partial charge >= 0.3 is 0 Å². The summed E-state index contributed by atoms with van der Waals surface area (Å²) in [6.07, 6.45) is 0. The maximum Gasteiger partial charge on any atom is 0.194 e. The molecule has 0 saturated heterocycles. The summed E-state index contributed by atoms with van der Waals surface area (Å²) in [6.45, 7) is 0. The molecule has 0 aliphatic heterocycles. The molecule has 0 amide bonds. The minimum Gasteiger partial charge on any atom is -0.497 e. The molecule has 2 rings (SSSR count). The van der Waals surface area contributed by atoms with Crippen LogP contribution in [0.4, 0.5) is 0 Å². The highest BCUT2D eigenvalue weighted by molar-refractivity contribution is 9.10. The molecule has 0 unspecified atom stereocenters. The van der Waals surface area contributed by atoms with Crippen LogP contribution < -0.4 is 4.74 Å². The summed E-state index contributed by atoms with van der Waals surface area (Å²) in [4.78, 5) is 12.3. The summed E-state index contributed by atoms with van der Waals surface area (Å²) in [5.74, 6) is 0.622. The topological polar surface area (TPSA) is 26.3 Å². The predicted octanol–water partition coefficient (Wildman–Crippen LogP) is 4.34. The highest BCUT2D eigenvalue weighted by Crippen LogP contribution is 2.25. The van der Waals surface area contributed by atoms with Crippen molar-refractivity contribution < 1.29 is 9.53 Å². The number of rotatable bonds is 3. The van der Waals surface area contributed by atoms with Crippen LogP contribution in [0, 0.1) is 0 Å². The second-order valence-electron chi connectivity index (χ2n) is 3.69. The number of carbonyl (C=O) groups excluding carboxylic acids is 1. The van der Waals surface area contributed by atoms with Gasteiger partial charge in [-0.3, -0.25) is 4.79 Å². The second kappa shape index (κ2) is 5.55. The smallest absolute Gasteiger partial charge is 0.194 e. The van der Waals surface area contributed by atoms with Crippen molar-refractivity contribution in [1.29, 1.82) is 0 Å². The minimum atomic E-state index is -0.0768. The van der Waals surface area contributed by atoms with Crippen LogP contribution in [0.3, 0.4) is 0 Å². The Labute approximate surface area is 119 Å². The Morgan fingerprint density at radius 3 is 2.61 bits per heavy atom. The lowest BCUT2D eigenvalue weighted by Gasteiger charge is -2.06. The molecule has 0 aromatic heterocycles. The first kappa shape index (κ1) is 13.1. The van der Waals surface area contributed by atoms with Gasteiger partial charge in [-0.15, -0.1) is 0 Å².